The molecule has 86 valence electrons. The Morgan fingerprint density at radius 1 is 1.29 bits per heavy atom. The Kier molecular flexibility index (Phi) is 3.20. The Bertz CT molecular complexity index is 560. The number of hydrogen-bond donors (Lipinski definition) is 1. The first kappa shape index (κ1) is 11.3. The quantitative estimate of drug-likeness (QED) is 0.907. The summed E-state index contributed by atoms with van der Waals surface area (Å²) < 4.78 is 5.38. The highest BCUT2D eigenvalue weighted by molar-refractivity contribution is 6.30. The van der Waals surface area contributed by atoms with Crippen LogP contribution in [0.15, 0.2) is 36.9 Å². The number of pyridine rings is 2. The summed E-state index contributed by atoms with van der Waals surface area (Å²) >= 11 is 5.74. The minimum Gasteiger partial charge on any atom is -0.477 e. The van der Waals surface area contributed by atoms with Crippen LogP contribution >= 0.6 is 11.6 Å². The predicted octanol–water partition coefficient (Wildman–Crippen LogP) is 2.62. The third-order valence-electron chi connectivity index (χ3n) is 1.92. The summed E-state index contributed by atoms with van der Waals surface area (Å²) in [5.74, 6) is -0.550. The average Bonchev–Trinajstić information content (AvgIpc) is 2.29. The van der Waals surface area contributed by atoms with Crippen LogP contribution in [0.25, 0.3) is 0 Å². The first-order valence-electron chi connectivity index (χ1n) is 4.62. The highest BCUT2D eigenvalue weighted by atomic mass is 35.5. The number of carbonyl (C=O) groups is 1. The van der Waals surface area contributed by atoms with Crippen molar-refractivity contribution in [2.75, 3.05) is 0 Å². The molecular formula is C11H7ClN2O3. The molecule has 0 unspecified atom stereocenters. The van der Waals surface area contributed by atoms with E-state index in [4.69, 9.17) is 21.4 Å². The van der Waals surface area contributed by atoms with Crippen LogP contribution in [0, 0.1) is 0 Å². The Hall–Kier alpha value is -2.14. The summed E-state index contributed by atoms with van der Waals surface area (Å²) in [5.41, 5.74) is -0.0209. The highest BCUT2D eigenvalue weighted by Crippen LogP contribution is 2.25. The number of halogens is 1. The van der Waals surface area contributed by atoms with E-state index in [1.54, 1.807) is 6.07 Å². The van der Waals surface area contributed by atoms with E-state index in [0.29, 0.717) is 10.8 Å². The molecule has 2 aromatic rings. The molecule has 0 bridgehead atoms. The third kappa shape index (κ3) is 2.70. The molecule has 0 fully saturated rings. The molecule has 2 aromatic heterocycles. The van der Waals surface area contributed by atoms with E-state index in [1.165, 1.54) is 30.9 Å². The fraction of sp³-hybridized carbons (Fsp3) is 0. The topological polar surface area (TPSA) is 72.3 Å². The molecule has 0 aromatic carbocycles. The number of nitrogens with zero attached hydrogens (tertiary/aromatic N) is 2. The van der Waals surface area contributed by atoms with E-state index >= 15 is 0 Å². The molecule has 0 aliphatic carbocycles. The standard InChI is InChI=1S/C11H7ClN2O3/c12-7-3-8(5-14-4-7)17-10-1-2-13-6-9(10)11(15)16/h1-6H,(H,15,16). The molecule has 5 nitrogen and oxygen atoms in total. The largest absolute Gasteiger partial charge is 0.477 e. The second-order valence-electron chi connectivity index (χ2n) is 3.12. The molecule has 0 aliphatic heterocycles. The normalized spacial score (nSPS) is 9.94. The number of rotatable bonds is 3. The summed E-state index contributed by atoms with van der Waals surface area (Å²) in [4.78, 5) is 18.5. The molecule has 0 radical (unpaired) electrons. The molecule has 0 spiro atoms. The zero-order chi connectivity index (χ0) is 12.3. The van der Waals surface area contributed by atoms with Crippen molar-refractivity contribution < 1.29 is 14.6 Å². The molecule has 1 N–H and O–H groups in total. The SMILES string of the molecule is O=C(O)c1cnccc1Oc1cncc(Cl)c1. The molecular weight excluding hydrogens is 244 g/mol. The number of aromatic carboxylic acids is 1. The first-order valence-corrected chi connectivity index (χ1v) is 5.00. The van der Waals surface area contributed by atoms with Gasteiger partial charge in [0.05, 0.1) is 11.2 Å². The lowest BCUT2D eigenvalue weighted by atomic mass is 10.2. The van der Waals surface area contributed by atoms with Gasteiger partial charge in [0.1, 0.15) is 17.1 Å². The summed E-state index contributed by atoms with van der Waals surface area (Å²) in [5, 5.41) is 9.35. The fourth-order valence-corrected chi connectivity index (χ4v) is 1.37. The minimum absolute atomic E-state index is 0.0209. The van der Waals surface area contributed by atoms with Gasteiger partial charge in [0.2, 0.25) is 0 Å². The fourth-order valence-electron chi connectivity index (χ4n) is 1.21. The molecule has 17 heavy (non-hydrogen) atoms. The highest BCUT2D eigenvalue weighted by Gasteiger charge is 2.11. The van der Waals surface area contributed by atoms with Crippen LogP contribution in [-0.2, 0) is 0 Å². The lowest BCUT2D eigenvalue weighted by Gasteiger charge is -2.07. The Balaban J connectivity index is 2.33. The van der Waals surface area contributed by atoms with Crippen LogP contribution in [0.5, 0.6) is 11.5 Å². The smallest absolute Gasteiger partial charge is 0.341 e. The first-order chi connectivity index (χ1) is 8.16. The Morgan fingerprint density at radius 3 is 2.82 bits per heavy atom. The van der Waals surface area contributed by atoms with Gasteiger partial charge in [0, 0.05) is 30.7 Å². The van der Waals surface area contributed by atoms with Gasteiger partial charge in [-0.3, -0.25) is 9.97 Å². The maximum Gasteiger partial charge on any atom is 0.341 e. The van der Waals surface area contributed by atoms with Crippen molar-refractivity contribution in [2.45, 2.75) is 0 Å². The molecule has 0 aliphatic rings. The summed E-state index contributed by atoms with van der Waals surface area (Å²) in [6, 6.07) is 3.00. The van der Waals surface area contributed by atoms with Crippen LogP contribution < -0.4 is 4.74 Å². The molecule has 2 heterocycles. The Morgan fingerprint density at radius 2 is 2.12 bits per heavy atom. The lowest BCUT2D eigenvalue weighted by molar-refractivity contribution is 0.0693. The van der Waals surface area contributed by atoms with Crippen molar-refractivity contribution >= 4 is 17.6 Å². The van der Waals surface area contributed by atoms with E-state index in [-0.39, 0.29) is 11.3 Å². The van der Waals surface area contributed by atoms with E-state index in [0.717, 1.165) is 0 Å². The summed E-state index contributed by atoms with van der Waals surface area (Å²) in [6.45, 7) is 0. The summed E-state index contributed by atoms with van der Waals surface area (Å²) in [6.07, 6.45) is 5.56. The number of ether oxygens (including phenoxy) is 1. The lowest BCUT2D eigenvalue weighted by Crippen LogP contribution is -2.00. The maximum absolute atomic E-state index is 10.9. The number of aromatic nitrogens is 2. The van der Waals surface area contributed by atoms with E-state index in [2.05, 4.69) is 9.97 Å². The van der Waals surface area contributed by atoms with Gasteiger partial charge < -0.3 is 9.84 Å². The van der Waals surface area contributed by atoms with Gasteiger partial charge in [-0.15, -0.1) is 0 Å². The van der Waals surface area contributed by atoms with Gasteiger partial charge in [-0.1, -0.05) is 11.6 Å². The van der Waals surface area contributed by atoms with Crippen LogP contribution in [0.2, 0.25) is 5.02 Å². The van der Waals surface area contributed by atoms with Gasteiger partial charge in [-0.25, -0.2) is 4.79 Å². The molecule has 0 saturated heterocycles. The molecule has 2 rings (SSSR count). The van der Waals surface area contributed by atoms with Crippen LogP contribution in [-0.4, -0.2) is 21.0 Å². The predicted molar refractivity (Wildman–Crippen MR) is 60.5 cm³/mol. The van der Waals surface area contributed by atoms with Gasteiger partial charge >= 0.3 is 5.97 Å². The second kappa shape index (κ2) is 4.80. The van der Waals surface area contributed by atoms with Crippen molar-refractivity contribution in [3.8, 4) is 11.5 Å². The van der Waals surface area contributed by atoms with Crippen LogP contribution in [0.3, 0.4) is 0 Å². The van der Waals surface area contributed by atoms with Crippen molar-refractivity contribution in [1.82, 2.24) is 9.97 Å². The maximum atomic E-state index is 10.9. The molecule has 0 amide bonds. The summed E-state index contributed by atoms with van der Waals surface area (Å²) in [7, 11) is 0. The number of carboxylic acid groups (broad SMARTS) is 1. The van der Waals surface area contributed by atoms with Gasteiger partial charge in [-0.2, -0.15) is 0 Å². The van der Waals surface area contributed by atoms with Crippen LogP contribution in [0.1, 0.15) is 10.4 Å². The number of carboxylic acids is 1. The monoisotopic (exact) mass is 250 g/mol. The van der Waals surface area contributed by atoms with E-state index < -0.39 is 5.97 Å². The van der Waals surface area contributed by atoms with Gasteiger partial charge in [-0.05, 0) is 0 Å². The second-order valence-corrected chi connectivity index (χ2v) is 3.55. The molecule has 0 atom stereocenters. The van der Waals surface area contributed by atoms with E-state index in [1.807, 2.05) is 0 Å². The Labute approximate surface area is 102 Å². The van der Waals surface area contributed by atoms with Crippen molar-refractivity contribution in [1.29, 1.82) is 0 Å². The van der Waals surface area contributed by atoms with Crippen molar-refractivity contribution in [3.05, 3.63) is 47.5 Å². The average molecular weight is 251 g/mol. The minimum atomic E-state index is -1.11. The van der Waals surface area contributed by atoms with Crippen molar-refractivity contribution in [3.63, 3.8) is 0 Å². The van der Waals surface area contributed by atoms with E-state index in [9.17, 15) is 4.79 Å². The zero-order valence-corrected chi connectivity index (χ0v) is 9.26. The molecule has 0 saturated carbocycles. The molecule has 6 heteroatoms. The van der Waals surface area contributed by atoms with Gasteiger partial charge in [0.25, 0.3) is 0 Å². The van der Waals surface area contributed by atoms with Crippen LogP contribution in [0.4, 0.5) is 0 Å². The zero-order valence-electron chi connectivity index (χ0n) is 8.50. The van der Waals surface area contributed by atoms with Gasteiger partial charge in [0.15, 0.2) is 0 Å². The van der Waals surface area contributed by atoms with Crippen molar-refractivity contribution in [2.24, 2.45) is 0 Å². The third-order valence-corrected chi connectivity index (χ3v) is 2.13. The number of hydrogen-bond acceptors (Lipinski definition) is 4.